The lowest BCUT2D eigenvalue weighted by atomic mass is 9.83. The van der Waals surface area contributed by atoms with Crippen LogP contribution in [-0.4, -0.2) is 47.4 Å². The molecule has 0 aromatic rings. The maximum atomic E-state index is 11.9. The number of oxime groups is 1. The number of aliphatic hydroxyl groups is 1. The van der Waals surface area contributed by atoms with E-state index in [1.54, 1.807) is 0 Å². The Morgan fingerprint density at radius 1 is 1.08 bits per heavy atom. The molecular weight excluding hydrogens is 322 g/mol. The second-order valence-electron chi connectivity index (χ2n) is 7.92. The molecule has 0 heterocycles. The highest BCUT2D eigenvalue weighted by Crippen LogP contribution is 2.24. The molecule has 0 aliphatic heterocycles. The lowest BCUT2D eigenvalue weighted by Gasteiger charge is -2.28. The SMILES string of the molecule is CCC(C)(C)[C@H](O)C(=O)NCCC(=O)NCC/C(C)=N/OC(C)(C)C. The van der Waals surface area contributed by atoms with Gasteiger partial charge in [-0.1, -0.05) is 25.9 Å². The Morgan fingerprint density at radius 3 is 2.16 bits per heavy atom. The molecule has 0 aromatic heterocycles. The molecule has 0 saturated carbocycles. The van der Waals surface area contributed by atoms with Crippen molar-refractivity contribution >= 4 is 17.5 Å². The van der Waals surface area contributed by atoms with E-state index in [-0.39, 0.29) is 24.5 Å². The average Bonchev–Trinajstić information content (AvgIpc) is 2.51. The van der Waals surface area contributed by atoms with Gasteiger partial charge in [-0.05, 0) is 39.5 Å². The number of amides is 2. The van der Waals surface area contributed by atoms with Crippen molar-refractivity contribution in [1.29, 1.82) is 0 Å². The van der Waals surface area contributed by atoms with Gasteiger partial charge in [-0.2, -0.15) is 0 Å². The van der Waals surface area contributed by atoms with E-state index in [9.17, 15) is 14.7 Å². The molecule has 7 heteroatoms. The second-order valence-corrected chi connectivity index (χ2v) is 7.92. The maximum Gasteiger partial charge on any atom is 0.249 e. The van der Waals surface area contributed by atoms with E-state index in [0.717, 1.165) is 5.71 Å². The van der Waals surface area contributed by atoms with E-state index in [4.69, 9.17) is 4.84 Å². The Bertz CT molecular complexity index is 467. The van der Waals surface area contributed by atoms with Crippen LogP contribution >= 0.6 is 0 Å². The van der Waals surface area contributed by atoms with Gasteiger partial charge in [0, 0.05) is 25.9 Å². The van der Waals surface area contributed by atoms with Crippen LogP contribution in [0.3, 0.4) is 0 Å². The van der Waals surface area contributed by atoms with Crippen molar-refractivity contribution in [1.82, 2.24) is 10.6 Å². The molecule has 146 valence electrons. The summed E-state index contributed by atoms with van der Waals surface area (Å²) in [7, 11) is 0. The van der Waals surface area contributed by atoms with Gasteiger partial charge in [0.15, 0.2) is 0 Å². The normalized spacial score (nSPS) is 14.0. The highest BCUT2D eigenvalue weighted by Gasteiger charge is 2.31. The Morgan fingerprint density at radius 2 is 1.64 bits per heavy atom. The van der Waals surface area contributed by atoms with E-state index in [0.29, 0.717) is 19.4 Å². The summed E-state index contributed by atoms with van der Waals surface area (Å²) in [5.74, 6) is -0.601. The molecule has 25 heavy (non-hydrogen) atoms. The largest absolute Gasteiger partial charge is 0.390 e. The van der Waals surface area contributed by atoms with Crippen LogP contribution in [0.2, 0.25) is 0 Å². The molecule has 7 nitrogen and oxygen atoms in total. The standard InChI is InChI=1S/C18H35N3O4/c1-8-18(6,7)15(23)16(24)20-12-10-14(22)19-11-9-13(2)21-25-17(3,4)5/h15,23H,8-12H2,1-7H3,(H,19,22)(H,20,24)/b21-13+/t15-/m1/s1. The van der Waals surface area contributed by atoms with Crippen LogP contribution < -0.4 is 10.6 Å². The highest BCUT2D eigenvalue weighted by atomic mass is 16.6. The zero-order valence-corrected chi connectivity index (χ0v) is 16.7. The third-order valence-corrected chi connectivity index (χ3v) is 3.84. The summed E-state index contributed by atoms with van der Waals surface area (Å²) >= 11 is 0. The molecule has 0 rings (SSSR count). The van der Waals surface area contributed by atoms with Crippen LogP contribution in [0.4, 0.5) is 0 Å². The maximum absolute atomic E-state index is 11.9. The second kappa shape index (κ2) is 10.4. The zero-order chi connectivity index (χ0) is 19.7. The minimum absolute atomic E-state index is 0.158. The first-order valence-corrected chi connectivity index (χ1v) is 8.83. The molecule has 0 saturated heterocycles. The molecule has 1 atom stereocenters. The molecule has 0 aromatic carbocycles. The molecule has 0 aliphatic rings. The minimum atomic E-state index is -1.08. The van der Waals surface area contributed by atoms with Crippen molar-refractivity contribution in [3.05, 3.63) is 0 Å². The van der Waals surface area contributed by atoms with Crippen molar-refractivity contribution in [2.75, 3.05) is 13.1 Å². The fourth-order valence-electron chi connectivity index (χ4n) is 1.68. The molecule has 0 aliphatic carbocycles. The Balaban J connectivity index is 4.01. The number of hydrogen-bond acceptors (Lipinski definition) is 5. The zero-order valence-electron chi connectivity index (χ0n) is 16.7. The first-order chi connectivity index (χ1) is 11.4. The molecule has 3 N–H and O–H groups in total. The third-order valence-electron chi connectivity index (χ3n) is 3.84. The van der Waals surface area contributed by atoms with E-state index in [1.807, 2.05) is 48.5 Å². The lowest BCUT2D eigenvalue weighted by molar-refractivity contribution is -0.135. The van der Waals surface area contributed by atoms with Crippen molar-refractivity contribution in [3.63, 3.8) is 0 Å². The van der Waals surface area contributed by atoms with Gasteiger partial charge in [0.2, 0.25) is 11.8 Å². The molecule has 0 radical (unpaired) electrons. The fourth-order valence-corrected chi connectivity index (χ4v) is 1.68. The van der Waals surface area contributed by atoms with Crippen molar-refractivity contribution in [2.24, 2.45) is 10.6 Å². The summed E-state index contributed by atoms with van der Waals surface area (Å²) in [5.41, 5.74) is -0.0220. The molecule has 0 bridgehead atoms. The molecule has 0 spiro atoms. The monoisotopic (exact) mass is 357 g/mol. The fraction of sp³-hybridized carbons (Fsp3) is 0.833. The van der Waals surface area contributed by atoms with E-state index < -0.39 is 17.4 Å². The summed E-state index contributed by atoms with van der Waals surface area (Å²) < 4.78 is 0. The number of nitrogens with zero attached hydrogens (tertiary/aromatic N) is 1. The van der Waals surface area contributed by atoms with Crippen LogP contribution in [-0.2, 0) is 14.4 Å². The molecular formula is C18H35N3O4. The number of nitrogens with one attached hydrogen (secondary N) is 2. The van der Waals surface area contributed by atoms with Gasteiger partial charge in [-0.3, -0.25) is 9.59 Å². The Hall–Kier alpha value is -1.63. The van der Waals surface area contributed by atoms with E-state index >= 15 is 0 Å². The third kappa shape index (κ3) is 10.8. The average molecular weight is 357 g/mol. The van der Waals surface area contributed by atoms with Gasteiger partial charge in [0.1, 0.15) is 11.7 Å². The first kappa shape index (κ1) is 23.4. The van der Waals surface area contributed by atoms with Gasteiger partial charge in [0.05, 0.1) is 5.71 Å². The van der Waals surface area contributed by atoms with Gasteiger partial charge in [-0.25, -0.2) is 0 Å². The number of rotatable bonds is 10. The van der Waals surface area contributed by atoms with Gasteiger partial charge in [0.25, 0.3) is 0 Å². The molecule has 0 fully saturated rings. The molecule has 2 amide bonds. The summed E-state index contributed by atoms with van der Waals surface area (Å²) in [4.78, 5) is 28.9. The van der Waals surface area contributed by atoms with Crippen LogP contribution in [0, 0.1) is 5.41 Å². The number of aliphatic hydroxyl groups excluding tert-OH is 1. The van der Waals surface area contributed by atoms with E-state index in [2.05, 4.69) is 15.8 Å². The van der Waals surface area contributed by atoms with Crippen molar-refractivity contribution in [2.45, 2.75) is 79.4 Å². The topological polar surface area (TPSA) is 100 Å². The summed E-state index contributed by atoms with van der Waals surface area (Å²) in [6, 6.07) is 0. The smallest absolute Gasteiger partial charge is 0.249 e. The predicted octanol–water partition coefficient (Wildman–Crippen LogP) is 1.99. The van der Waals surface area contributed by atoms with Crippen molar-refractivity contribution < 1.29 is 19.5 Å². The first-order valence-electron chi connectivity index (χ1n) is 8.83. The van der Waals surface area contributed by atoms with Gasteiger partial charge in [-0.15, -0.1) is 0 Å². The summed E-state index contributed by atoms with van der Waals surface area (Å²) in [6.45, 7) is 13.8. The van der Waals surface area contributed by atoms with Crippen LogP contribution in [0.25, 0.3) is 0 Å². The number of carbonyl (C=O) groups excluding carboxylic acids is 2. The molecule has 0 unspecified atom stereocenters. The van der Waals surface area contributed by atoms with Gasteiger partial charge >= 0.3 is 0 Å². The Labute approximate surface area is 151 Å². The predicted molar refractivity (Wildman–Crippen MR) is 99.3 cm³/mol. The van der Waals surface area contributed by atoms with Crippen LogP contribution in [0.5, 0.6) is 0 Å². The number of carbonyl (C=O) groups is 2. The Kier molecular flexibility index (Phi) is 9.70. The number of hydrogen-bond donors (Lipinski definition) is 3. The lowest BCUT2D eigenvalue weighted by Crippen LogP contribution is -2.44. The summed E-state index contributed by atoms with van der Waals surface area (Å²) in [5, 5.41) is 19.4. The van der Waals surface area contributed by atoms with E-state index in [1.165, 1.54) is 0 Å². The minimum Gasteiger partial charge on any atom is -0.390 e. The van der Waals surface area contributed by atoms with Gasteiger partial charge < -0.3 is 20.6 Å². The highest BCUT2D eigenvalue weighted by molar-refractivity contribution is 5.83. The van der Waals surface area contributed by atoms with Crippen molar-refractivity contribution in [3.8, 4) is 0 Å². The summed E-state index contributed by atoms with van der Waals surface area (Å²) in [6.07, 6.45) is 0.362. The van der Waals surface area contributed by atoms with Crippen LogP contribution in [0.1, 0.15) is 67.7 Å². The van der Waals surface area contributed by atoms with Crippen LogP contribution in [0.15, 0.2) is 5.16 Å². The quantitative estimate of drug-likeness (QED) is 0.411.